The Bertz CT molecular complexity index is 2040. The maximum Gasteiger partial charge on any atom is 0.307 e. The molecule has 2 aromatic heterocycles. The molecule has 0 spiro atoms. The topological polar surface area (TPSA) is 31.0 Å². The van der Waals surface area contributed by atoms with Crippen LogP contribution >= 0.6 is 0 Å². The van der Waals surface area contributed by atoms with Crippen LogP contribution in [-0.2, 0) is 0 Å². The van der Waals surface area contributed by atoms with Crippen molar-refractivity contribution in [1.29, 1.82) is 0 Å². The average Bonchev–Trinajstić information content (AvgIpc) is 3.46. The molecule has 0 N–H and O–H groups in total. The van der Waals surface area contributed by atoms with E-state index in [-0.39, 0.29) is 0 Å². The van der Waals surface area contributed by atoms with E-state index in [1.165, 1.54) is 43.1 Å². The van der Waals surface area contributed by atoms with E-state index in [2.05, 4.69) is 89.5 Å². The van der Waals surface area contributed by atoms with Crippen LogP contribution in [0.1, 0.15) is 0 Å². The van der Waals surface area contributed by atoms with Crippen molar-refractivity contribution in [3.63, 3.8) is 0 Å². The summed E-state index contributed by atoms with van der Waals surface area (Å²) in [4.78, 5) is 4.84. The quantitative estimate of drug-likeness (QED) is 0.243. The third-order valence-electron chi connectivity index (χ3n) is 7.01. The highest BCUT2D eigenvalue weighted by Gasteiger charge is 2.18. The van der Waals surface area contributed by atoms with Crippen LogP contribution in [-0.4, -0.2) is 9.55 Å². The van der Waals surface area contributed by atoms with E-state index >= 15 is 0 Å². The van der Waals surface area contributed by atoms with Crippen LogP contribution in [0.4, 0.5) is 0 Å². The molecule has 0 atom stereocenters. The molecule has 2 heterocycles. The van der Waals surface area contributed by atoms with E-state index < -0.39 is 0 Å². The number of hydrogen-bond acceptors (Lipinski definition) is 2. The fourth-order valence-corrected chi connectivity index (χ4v) is 5.53. The highest BCUT2D eigenvalue weighted by molar-refractivity contribution is 6.28. The Morgan fingerprint density at radius 3 is 1.74 bits per heavy atom. The smallest absolute Gasteiger partial charge is 0.307 e. The van der Waals surface area contributed by atoms with Crippen LogP contribution in [0.3, 0.4) is 0 Å². The monoisotopic (exact) mass is 434 g/mol. The highest BCUT2D eigenvalue weighted by Crippen LogP contribution is 2.40. The molecule has 0 saturated heterocycles. The number of rotatable bonds is 1. The average molecular weight is 434 g/mol. The van der Waals surface area contributed by atoms with Gasteiger partial charge in [0.1, 0.15) is 5.52 Å². The summed E-state index contributed by atoms with van der Waals surface area (Å²) in [6, 6.07) is 39.1. The van der Waals surface area contributed by atoms with Gasteiger partial charge in [0.15, 0.2) is 5.58 Å². The van der Waals surface area contributed by atoms with Crippen molar-refractivity contribution in [3.05, 3.63) is 109 Å². The summed E-state index contributed by atoms with van der Waals surface area (Å²) in [6.45, 7) is 0. The third kappa shape index (κ3) is 2.28. The Labute approximate surface area is 194 Å². The summed E-state index contributed by atoms with van der Waals surface area (Å²) in [5, 5.41) is 9.99. The number of benzene rings is 6. The van der Waals surface area contributed by atoms with Crippen LogP contribution in [0.15, 0.2) is 114 Å². The number of aromatic nitrogens is 2. The molecule has 6 aromatic carbocycles. The molecule has 0 fully saturated rings. The maximum absolute atomic E-state index is 6.25. The number of fused-ring (bicyclic) bond motifs is 10. The Morgan fingerprint density at radius 2 is 1.03 bits per heavy atom. The van der Waals surface area contributed by atoms with Gasteiger partial charge in [-0.1, -0.05) is 78.9 Å². The number of hydrogen-bond donors (Lipinski definition) is 0. The molecule has 8 rings (SSSR count). The van der Waals surface area contributed by atoms with E-state index in [9.17, 15) is 0 Å². The van der Waals surface area contributed by atoms with Gasteiger partial charge in [-0.2, -0.15) is 4.98 Å². The molecule has 0 radical (unpaired) electrons. The molecular formula is C31H18N2O. The van der Waals surface area contributed by atoms with Crippen molar-refractivity contribution < 1.29 is 4.42 Å². The lowest BCUT2D eigenvalue weighted by Gasteiger charge is -2.11. The van der Waals surface area contributed by atoms with Gasteiger partial charge < -0.3 is 4.42 Å². The molecule has 0 amide bonds. The lowest BCUT2D eigenvalue weighted by Crippen LogP contribution is -1.94. The van der Waals surface area contributed by atoms with Crippen LogP contribution in [0.25, 0.3) is 71.2 Å². The number of nitrogens with zero attached hydrogens (tertiary/aromatic N) is 2. The Balaban J connectivity index is 1.62. The van der Waals surface area contributed by atoms with E-state index in [0.717, 1.165) is 22.1 Å². The minimum absolute atomic E-state index is 0.594. The first-order valence-electron chi connectivity index (χ1n) is 11.5. The van der Waals surface area contributed by atoms with Gasteiger partial charge >= 0.3 is 6.01 Å². The zero-order valence-corrected chi connectivity index (χ0v) is 18.2. The second-order valence-electron chi connectivity index (χ2n) is 8.82. The van der Waals surface area contributed by atoms with Crippen molar-refractivity contribution in [2.45, 2.75) is 0 Å². The number of oxazole rings is 1. The minimum atomic E-state index is 0.594. The fraction of sp³-hybridized carbons (Fsp3) is 0. The highest BCUT2D eigenvalue weighted by atomic mass is 16.4. The first-order chi connectivity index (χ1) is 16.9. The molecule has 0 aliphatic heterocycles. The number of para-hydroxylation sites is 3. The normalized spacial score (nSPS) is 12.1. The second kappa shape index (κ2) is 6.46. The SMILES string of the molecule is c1ccc2oc(-n3c4ccccc4c4cc5c6ccccc6c6ccccc6c5cc43)nc2c1. The summed E-state index contributed by atoms with van der Waals surface area (Å²) in [5.41, 5.74) is 3.84. The van der Waals surface area contributed by atoms with Gasteiger partial charge in [0.2, 0.25) is 0 Å². The van der Waals surface area contributed by atoms with Gasteiger partial charge in [0.25, 0.3) is 0 Å². The van der Waals surface area contributed by atoms with E-state index in [4.69, 9.17) is 9.40 Å². The molecule has 158 valence electrons. The van der Waals surface area contributed by atoms with Crippen molar-refractivity contribution >= 4 is 65.2 Å². The summed E-state index contributed by atoms with van der Waals surface area (Å²) in [7, 11) is 0. The molecule has 0 saturated carbocycles. The molecule has 34 heavy (non-hydrogen) atoms. The van der Waals surface area contributed by atoms with Crippen LogP contribution in [0.2, 0.25) is 0 Å². The van der Waals surface area contributed by atoms with E-state index in [0.29, 0.717) is 6.01 Å². The molecule has 0 unspecified atom stereocenters. The Kier molecular flexibility index (Phi) is 3.39. The predicted molar refractivity (Wildman–Crippen MR) is 141 cm³/mol. The Hall–Kier alpha value is -4.63. The van der Waals surface area contributed by atoms with E-state index in [1.54, 1.807) is 0 Å². The van der Waals surface area contributed by atoms with Crippen molar-refractivity contribution in [3.8, 4) is 6.01 Å². The predicted octanol–water partition coefficient (Wildman–Crippen LogP) is 8.38. The van der Waals surface area contributed by atoms with Gasteiger partial charge in [0, 0.05) is 10.8 Å². The summed E-state index contributed by atoms with van der Waals surface area (Å²) >= 11 is 0. The van der Waals surface area contributed by atoms with Gasteiger partial charge in [0.05, 0.1) is 11.0 Å². The van der Waals surface area contributed by atoms with Gasteiger partial charge in [-0.25, -0.2) is 0 Å². The summed E-state index contributed by atoms with van der Waals surface area (Å²) < 4.78 is 8.41. The van der Waals surface area contributed by atoms with Crippen LogP contribution in [0.5, 0.6) is 0 Å². The van der Waals surface area contributed by atoms with Crippen molar-refractivity contribution in [2.75, 3.05) is 0 Å². The van der Waals surface area contributed by atoms with Gasteiger partial charge in [-0.15, -0.1) is 0 Å². The fourth-order valence-electron chi connectivity index (χ4n) is 5.53. The third-order valence-corrected chi connectivity index (χ3v) is 7.01. The molecule has 0 bridgehead atoms. The van der Waals surface area contributed by atoms with Gasteiger partial charge in [-0.05, 0) is 62.6 Å². The Morgan fingerprint density at radius 1 is 0.471 bits per heavy atom. The van der Waals surface area contributed by atoms with Crippen molar-refractivity contribution in [2.24, 2.45) is 0 Å². The lowest BCUT2D eigenvalue weighted by atomic mass is 9.93. The molecule has 3 heteroatoms. The summed E-state index contributed by atoms with van der Waals surface area (Å²) in [5.74, 6) is 0. The largest absolute Gasteiger partial charge is 0.423 e. The first kappa shape index (κ1) is 17.9. The lowest BCUT2D eigenvalue weighted by molar-refractivity contribution is 0.574. The second-order valence-corrected chi connectivity index (χ2v) is 8.82. The zero-order valence-electron chi connectivity index (χ0n) is 18.2. The van der Waals surface area contributed by atoms with E-state index in [1.807, 2.05) is 24.3 Å². The van der Waals surface area contributed by atoms with Gasteiger partial charge in [-0.3, -0.25) is 4.57 Å². The standard InChI is InChI=1S/C31H18N2O/c1-3-11-21-19(9-1)20-10-2-4-12-22(20)25-18-29-26(17-24(21)25)23-13-5-7-15-28(23)33(29)31-32-27-14-6-8-16-30(27)34-31/h1-18H. The van der Waals surface area contributed by atoms with Crippen LogP contribution < -0.4 is 0 Å². The molecule has 8 aromatic rings. The van der Waals surface area contributed by atoms with Crippen molar-refractivity contribution in [1.82, 2.24) is 9.55 Å². The summed E-state index contributed by atoms with van der Waals surface area (Å²) in [6.07, 6.45) is 0. The molecule has 0 aliphatic rings. The maximum atomic E-state index is 6.25. The van der Waals surface area contributed by atoms with Crippen LogP contribution in [0, 0.1) is 0 Å². The molecule has 3 nitrogen and oxygen atoms in total. The molecular weight excluding hydrogens is 416 g/mol. The first-order valence-corrected chi connectivity index (χ1v) is 11.5. The zero-order chi connectivity index (χ0) is 22.2. The minimum Gasteiger partial charge on any atom is -0.423 e. The molecule has 0 aliphatic carbocycles.